The highest BCUT2D eigenvalue weighted by atomic mass is 32.2. The summed E-state index contributed by atoms with van der Waals surface area (Å²) in [7, 11) is -0.282. The van der Waals surface area contributed by atoms with Crippen molar-refractivity contribution in [3.8, 4) is 0 Å². The molecule has 1 amide bonds. The van der Waals surface area contributed by atoms with Crippen LogP contribution in [0.5, 0.6) is 0 Å². The van der Waals surface area contributed by atoms with Crippen LogP contribution in [0.4, 0.5) is 0 Å². The zero-order valence-electron chi connectivity index (χ0n) is 22.9. The number of aliphatic hydroxyl groups excluding tert-OH is 2. The number of nitrogens with zero attached hydrogens (tertiary/aromatic N) is 4. The van der Waals surface area contributed by atoms with Gasteiger partial charge in [-0.2, -0.15) is 0 Å². The Morgan fingerprint density at radius 3 is 2.33 bits per heavy atom. The first kappa shape index (κ1) is 32.7. The van der Waals surface area contributed by atoms with Crippen molar-refractivity contribution in [2.24, 2.45) is 0 Å². The standard InChI is InChI=1S/C23H41N5O11S/c1-34-20-18(29)19(30)23(35-2)39-21(20)22(31)24-3-7-36-9-11-38-12-10-37-8-4-28-16-17(25-26-28)15-27-5-13-40(32,33)14-6-27/h16,18-21,23,29-30H,3-15H2,1-2H3,(H,24,31)/t18-,19+,20+,21?,23-/m1/s1. The van der Waals surface area contributed by atoms with E-state index < -0.39 is 46.5 Å². The van der Waals surface area contributed by atoms with Crippen molar-refractivity contribution in [2.45, 2.75) is 43.8 Å². The Morgan fingerprint density at radius 1 is 1.02 bits per heavy atom. The molecule has 0 spiro atoms. The van der Waals surface area contributed by atoms with E-state index in [0.29, 0.717) is 59.2 Å². The van der Waals surface area contributed by atoms with Crippen LogP contribution in [-0.4, -0.2) is 160 Å². The van der Waals surface area contributed by atoms with Gasteiger partial charge in [0.25, 0.3) is 5.91 Å². The molecule has 0 radical (unpaired) electrons. The summed E-state index contributed by atoms with van der Waals surface area (Å²) in [5, 5.41) is 31.0. The van der Waals surface area contributed by atoms with Crippen LogP contribution in [0.3, 0.4) is 0 Å². The van der Waals surface area contributed by atoms with E-state index in [1.807, 2.05) is 6.20 Å². The maximum absolute atomic E-state index is 12.4. The van der Waals surface area contributed by atoms with Crippen LogP contribution in [0.2, 0.25) is 0 Å². The molecule has 1 unspecified atom stereocenters. The first-order valence-corrected chi connectivity index (χ1v) is 15.0. The summed E-state index contributed by atoms with van der Waals surface area (Å²) in [5.41, 5.74) is 0.794. The molecule has 1 aromatic heterocycles. The summed E-state index contributed by atoms with van der Waals surface area (Å²) in [5.74, 6) is -0.149. The fourth-order valence-corrected chi connectivity index (χ4v) is 5.49. The Kier molecular flexibility index (Phi) is 13.6. The van der Waals surface area contributed by atoms with Gasteiger partial charge in [-0.3, -0.25) is 9.69 Å². The van der Waals surface area contributed by atoms with E-state index in [0.717, 1.165) is 5.69 Å². The highest BCUT2D eigenvalue weighted by molar-refractivity contribution is 7.91. The van der Waals surface area contributed by atoms with Gasteiger partial charge in [0.1, 0.15) is 18.3 Å². The number of aromatic nitrogens is 3. The highest BCUT2D eigenvalue weighted by Crippen LogP contribution is 2.23. The van der Waals surface area contributed by atoms with Crippen LogP contribution in [0.25, 0.3) is 0 Å². The van der Waals surface area contributed by atoms with E-state index in [1.54, 1.807) is 4.68 Å². The van der Waals surface area contributed by atoms with Crippen LogP contribution in [0.1, 0.15) is 5.69 Å². The van der Waals surface area contributed by atoms with Crippen molar-refractivity contribution in [3.63, 3.8) is 0 Å². The first-order chi connectivity index (χ1) is 19.2. The lowest BCUT2D eigenvalue weighted by molar-refractivity contribution is -0.287. The van der Waals surface area contributed by atoms with Crippen molar-refractivity contribution in [3.05, 3.63) is 11.9 Å². The molecule has 3 rings (SSSR count). The fourth-order valence-electron chi connectivity index (χ4n) is 4.21. The lowest BCUT2D eigenvalue weighted by Crippen LogP contribution is -2.62. The molecule has 3 heterocycles. The number of carbonyl (C=O) groups is 1. The predicted octanol–water partition coefficient (Wildman–Crippen LogP) is -3.22. The quantitative estimate of drug-likeness (QED) is 0.152. The van der Waals surface area contributed by atoms with Crippen LogP contribution in [-0.2, 0) is 56.1 Å². The van der Waals surface area contributed by atoms with E-state index in [9.17, 15) is 23.4 Å². The van der Waals surface area contributed by atoms with Gasteiger partial charge >= 0.3 is 0 Å². The van der Waals surface area contributed by atoms with Gasteiger partial charge in [0, 0.05) is 46.6 Å². The SMILES string of the molecule is CO[C@@H]1OC(C(=O)NCCOCCOCCOCCn2cc(CN3CCS(=O)(=O)CC3)nn2)[C@@H](OC)[C@H](O)[C@@H]1O. The van der Waals surface area contributed by atoms with E-state index in [4.69, 9.17) is 28.4 Å². The third kappa shape index (κ3) is 10.2. The second-order valence-electron chi connectivity index (χ2n) is 9.37. The largest absolute Gasteiger partial charge is 0.387 e. The molecule has 2 saturated heterocycles. The molecule has 16 nitrogen and oxygen atoms in total. The van der Waals surface area contributed by atoms with Crippen molar-refractivity contribution < 1.29 is 51.8 Å². The Labute approximate surface area is 233 Å². The molecular formula is C23H41N5O11S. The third-order valence-electron chi connectivity index (χ3n) is 6.47. The van der Waals surface area contributed by atoms with Crippen LogP contribution in [0, 0.1) is 0 Å². The summed E-state index contributed by atoms with van der Waals surface area (Å²) in [6.45, 7) is 4.53. The molecule has 5 atom stereocenters. The molecular weight excluding hydrogens is 554 g/mol. The van der Waals surface area contributed by atoms with Gasteiger partial charge in [-0.1, -0.05) is 5.21 Å². The first-order valence-electron chi connectivity index (χ1n) is 13.1. The van der Waals surface area contributed by atoms with Gasteiger partial charge < -0.3 is 44.0 Å². The topological polar surface area (TPSA) is 193 Å². The number of aliphatic hydroxyl groups is 2. The Bertz CT molecular complexity index is 984. The summed E-state index contributed by atoms with van der Waals surface area (Å²) >= 11 is 0. The number of hydrogen-bond acceptors (Lipinski definition) is 14. The van der Waals surface area contributed by atoms with Crippen molar-refractivity contribution in [1.29, 1.82) is 0 Å². The van der Waals surface area contributed by atoms with Gasteiger partial charge in [-0.25, -0.2) is 13.1 Å². The minimum absolute atomic E-state index is 0.183. The second-order valence-corrected chi connectivity index (χ2v) is 11.7. The lowest BCUT2D eigenvalue weighted by Gasteiger charge is -2.40. The molecule has 0 aromatic carbocycles. The van der Waals surface area contributed by atoms with Crippen LogP contribution in [0.15, 0.2) is 6.20 Å². The summed E-state index contributed by atoms with van der Waals surface area (Å²) in [4.78, 5) is 14.5. The summed E-state index contributed by atoms with van der Waals surface area (Å²) in [6.07, 6.45) is -4.17. The number of carbonyl (C=O) groups excluding carboxylic acids is 1. The minimum Gasteiger partial charge on any atom is -0.387 e. The fraction of sp³-hybridized carbons (Fsp3) is 0.870. The van der Waals surface area contributed by atoms with Gasteiger partial charge in [-0.15, -0.1) is 5.10 Å². The van der Waals surface area contributed by atoms with Gasteiger partial charge in [0.2, 0.25) is 0 Å². The van der Waals surface area contributed by atoms with E-state index in [2.05, 4.69) is 20.5 Å². The number of rotatable bonds is 17. The van der Waals surface area contributed by atoms with Gasteiger partial charge in [-0.05, 0) is 0 Å². The molecule has 17 heteroatoms. The normalized spacial score (nSPS) is 27.1. The Hall–Kier alpha value is -1.80. The van der Waals surface area contributed by atoms with Crippen molar-refractivity contribution in [1.82, 2.24) is 25.2 Å². The highest BCUT2D eigenvalue weighted by Gasteiger charge is 2.48. The zero-order valence-corrected chi connectivity index (χ0v) is 23.7. The molecule has 2 aliphatic heterocycles. The average Bonchev–Trinajstić information content (AvgIpc) is 3.38. The number of hydrogen-bond donors (Lipinski definition) is 3. The molecule has 1 aromatic rings. The second kappa shape index (κ2) is 16.6. The molecule has 0 bridgehead atoms. The van der Waals surface area contributed by atoms with E-state index >= 15 is 0 Å². The predicted molar refractivity (Wildman–Crippen MR) is 138 cm³/mol. The summed E-state index contributed by atoms with van der Waals surface area (Å²) < 4.78 is 56.7. The Morgan fingerprint density at radius 2 is 1.68 bits per heavy atom. The molecule has 230 valence electrons. The number of amides is 1. The lowest BCUT2D eigenvalue weighted by atomic mass is 9.98. The number of methoxy groups -OCH3 is 2. The summed E-state index contributed by atoms with van der Waals surface area (Å²) in [6, 6.07) is 0. The van der Waals surface area contributed by atoms with E-state index in [1.165, 1.54) is 14.2 Å². The number of nitrogens with one attached hydrogen (secondary N) is 1. The smallest absolute Gasteiger partial charge is 0.252 e. The molecule has 0 saturated carbocycles. The molecule has 2 fully saturated rings. The molecule has 40 heavy (non-hydrogen) atoms. The van der Waals surface area contributed by atoms with Crippen molar-refractivity contribution in [2.75, 3.05) is 85.0 Å². The zero-order chi connectivity index (χ0) is 29.0. The number of ether oxygens (including phenoxy) is 6. The van der Waals surface area contributed by atoms with E-state index in [-0.39, 0.29) is 24.7 Å². The van der Waals surface area contributed by atoms with Crippen molar-refractivity contribution >= 4 is 15.7 Å². The van der Waals surface area contributed by atoms with Crippen LogP contribution >= 0.6 is 0 Å². The maximum Gasteiger partial charge on any atom is 0.252 e. The monoisotopic (exact) mass is 595 g/mol. The number of sulfone groups is 1. The Balaban J connectivity index is 1.16. The minimum atomic E-state index is -2.90. The maximum atomic E-state index is 12.4. The third-order valence-corrected chi connectivity index (χ3v) is 8.08. The molecule has 3 N–H and O–H groups in total. The van der Waals surface area contributed by atoms with Crippen LogP contribution < -0.4 is 5.32 Å². The van der Waals surface area contributed by atoms with Gasteiger partial charge in [0.05, 0.1) is 63.4 Å². The molecule has 0 aliphatic carbocycles. The average molecular weight is 596 g/mol. The van der Waals surface area contributed by atoms with Gasteiger partial charge in [0.15, 0.2) is 22.2 Å². The molecule has 2 aliphatic rings.